The topological polar surface area (TPSA) is 29.5 Å². The zero-order valence-electron chi connectivity index (χ0n) is 8.04. The molecule has 0 rings (SSSR count). The second kappa shape index (κ2) is 5.63. The smallest absolute Gasteiger partial charge is 0.410 e. The van der Waals surface area contributed by atoms with E-state index in [-0.39, 0.29) is 12.1 Å². The number of hydrogen-bond donors (Lipinski definition) is 0. The molecule has 70 valence electrons. The van der Waals surface area contributed by atoms with Crippen LogP contribution in [0.3, 0.4) is 0 Å². The van der Waals surface area contributed by atoms with Crippen molar-refractivity contribution in [3.05, 3.63) is 12.7 Å². The molecule has 3 nitrogen and oxygen atoms in total. The molecule has 12 heavy (non-hydrogen) atoms. The van der Waals surface area contributed by atoms with E-state index in [0.717, 1.165) is 0 Å². The first kappa shape index (κ1) is 11.0. The molecule has 0 saturated carbocycles. The van der Waals surface area contributed by atoms with Crippen LogP contribution in [0.5, 0.6) is 0 Å². The fraction of sp³-hybridized carbons (Fsp3) is 0.667. The minimum absolute atomic E-state index is 0.155. The molecule has 0 fully saturated rings. The molecule has 0 bridgehead atoms. The lowest BCUT2D eigenvalue weighted by Gasteiger charge is -2.23. The van der Waals surface area contributed by atoms with Gasteiger partial charge in [0.05, 0.1) is 6.61 Å². The molecule has 0 aliphatic carbocycles. The maximum absolute atomic E-state index is 11.2. The van der Waals surface area contributed by atoms with Crippen LogP contribution in [-0.4, -0.2) is 30.2 Å². The monoisotopic (exact) mass is 171 g/mol. The van der Waals surface area contributed by atoms with E-state index >= 15 is 0 Å². The molecule has 0 radical (unpaired) electrons. The van der Waals surface area contributed by atoms with Crippen molar-refractivity contribution in [2.24, 2.45) is 0 Å². The van der Waals surface area contributed by atoms with Gasteiger partial charge in [-0.15, -0.1) is 6.58 Å². The van der Waals surface area contributed by atoms with E-state index in [1.54, 1.807) is 17.9 Å². The molecule has 0 aromatic carbocycles. The molecule has 1 amide bonds. The zero-order valence-corrected chi connectivity index (χ0v) is 8.04. The van der Waals surface area contributed by atoms with E-state index in [1.165, 1.54) is 0 Å². The highest BCUT2D eigenvalue weighted by molar-refractivity contribution is 5.68. The third kappa shape index (κ3) is 3.42. The molecule has 0 aromatic rings. The highest BCUT2D eigenvalue weighted by atomic mass is 16.6. The van der Waals surface area contributed by atoms with Gasteiger partial charge in [0.1, 0.15) is 0 Å². The summed E-state index contributed by atoms with van der Waals surface area (Å²) in [5, 5.41) is 0. The van der Waals surface area contributed by atoms with Crippen LogP contribution in [0.2, 0.25) is 0 Å². The summed E-state index contributed by atoms with van der Waals surface area (Å²) < 4.78 is 4.86. The van der Waals surface area contributed by atoms with Crippen LogP contribution in [-0.2, 0) is 4.74 Å². The van der Waals surface area contributed by atoms with Crippen molar-refractivity contribution in [1.82, 2.24) is 4.90 Å². The number of carbonyl (C=O) groups excluding carboxylic acids is 1. The summed E-state index contributed by atoms with van der Waals surface area (Å²) >= 11 is 0. The van der Waals surface area contributed by atoms with Crippen molar-refractivity contribution in [2.75, 3.05) is 13.2 Å². The van der Waals surface area contributed by atoms with E-state index in [9.17, 15) is 4.79 Å². The van der Waals surface area contributed by atoms with Crippen LogP contribution in [0.15, 0.2) is 12.7 Å². The second-order valence-electron chi connectivity index (χ2n) is 2.73. The maximum Gasteiger partial charge on any atom is 0.410 e. The Morgan fingerprint density at radius 3 is 2.58 bits per heavy atom. The zero-order chi connectivity index (χ0) is 9.56. The van der Waals surface area contributed by atoms with Crippen molar-refractivity contribution in [3.8, 4) is 0 Å². The van der Waals surface area contributed by atoms with Crippen molar-refractivity contribution >= 4 is 6.09 Å². The van der Waals surface area contributed by atoms with E-state index in [4.69, 9.17) is 4.74 Å². The predicted molar refractivity (Wildman–Crippen MR) is 49.1 cm³/mol. The fourth-order valence-corrected chi connectivity index (χ4v) is 0.842. The number of nitrogens with zero attached hydrogens (tertiary/aromatic N) is 1. The molecule has 3 heteroatoms. The van der Waals surface area contributed by atoms with Crippen molar-refractivity contribution in [3.63, 3.8) is 0 Å². The van der Waals surface area contributed by atoms with Crippen LogP contribution in [0.4, 0.5) is 4.79 Å². The summed E-state index contributed by atoms with van der Waals surface area (Å²) in [6, 6.07) is 0.155. The second-order valence-corrected chi connectivity index (χ2v) is 2.73. The summed E-state index contributed by atoms with van der Waals surface area (Å²) in [4.78, 5) is 12.9. The fourth-order valence-electron chi connectivity index (χ4n) is 0.842. The van der Waals surface area contributed by atoms with Gasteiger partial charge in [0.25, 0.3) is 0 Å². The Bertz CT molecular complexity index is 155. The molecule has 0 aliphatic heterocycles. The quantitative estimate of drug-likeness (QED) is 0.606. The molecule has 0 unspecified atom stereocenters. The lowest BCUT2D eigenvalue weighted by molar-refractivity contribution is 0.101. The molecule has 0 N–H and O–H groups in total. The lowest BCUT2D eigenvalue weighted by Crippen LogP contribution is -2.37. The molecule has 0 spiro atoms. The van der Waals surface area contributed by atoms with Gasteiger partial charge in [0.2, 0.25) is 0 Å². The standard InChI is InChI=1S/C9H17NO2/c1-5-7-10(8(3)4)9(11)12-6-2/h5,8H,1,6-7H2,2-4H3. The largest absolute Gasteiger partial charge is 0.450 e. The number of hydrogen-bond acceptors (Lipinski definition) is 2. The van der Waals surface area contributed by atoms with E-state index in [1.807, 2.05) is 13.8 Å². The van der Waals surface area contributed by atoms with Gasteiger partial charge in [0, 0.05) is 12.6 Å². The van der Waals surface area contributed by atoms with Gasteiger partial charge < -0.3 is 9.64 Å². The summed E-state index contributed by atoms with van der Waals surface area (Å²) in [5.74, 6) is 0. The molecule has 0 aromatic heterocycles. The van der Waals surface area contributed by atoms with Gasteiger partial charge in [-0.2, -0.15) is 0 Å². The van der Waals surface area contributed by atoms with Crippen LogP contribution in [0.25, 0.3) is 0 Å². The first-order valence-corrected chi connectivity index (χ1v) is 4.17. The van der Waals surface area contributed by atoms with E-state index < -0.39 is 0 Å². The molecule has 0 saturated heterocycles. The van der Waals surface area contributed by atoms with Crippen LogP contribution in [0.1, 0.15) is 20.8 Å². The van der Waals surface area contributed by atoms with Crippen molar-refractivity contribution in [1.29, 1.82) is 0 Å². The SMILES string of the molecule is C=CCN(C(=O)OCC)C(C)C. The summed E-state index contributed by atoms with van der Waals surface area (Å²) in [7, 11) is 0. The number of ether oxygens (including phenoxy) is 1. The van der Waals surface area contributed by atoms with Crippen LogP contribution < -0.4 is 0 Å². The molecular formula is C9H17NO2. The van der Waals surface area contributed by atoms with Gasteiger partial charge in [-0.1, -0.05) is 6.08 Å². The maximum atomic E-state index is 11.2. The Labute approximate surface area is 74.0 Å². The number of carbonyl (C=O) groups is 1. The Balaban J connectivity index is 4.08. The highest BCUT2D eigenvalue weighted by Gasteiger charge is 2.15. The van der Waals surface area contributed by atoms with Crippen molar-refractivity contribution in [2.45, 2.75) is 26.8 Å². The Morgan fingerprint density at radius 1 is 1.67 bits per heavy atom. The van der Waals surface area contributed by atoms with Crippen molar-refractivity contribution < 1.29 is 9.53 Å². The third-order valence-electron chi connectivity index (χ3n) is 1.45. The Morgan fingerprint density at radius 2 is 2.25 bits per heavy atom. The minimum Gasteiger partial charge on any atom is -0.450 e. The average molecular weight is 171 g/mol. The Hall–Kier alpha value is -0.990. The summed E-state index contributed by atoms with van der Waals surface area (Å²) in [5.41, 5.74) is 0. The normalized spacial score (nSPS) is 9.67. The molecule has 0 aliphatic rings. The van der Waals surface area contributed by atoms with Gasteiger partial charge in [0.15, 0.2) is 0 Å². The van der Waals surface area contributed by atoms with E-state index in [2.05, 4.69) is 6.58 Å². The molecule has 0 heterocycles. The average Bonchev–Trinajstić information content (AvgIpc) is 1.99. The third-order valence-corrected chi connectivity index (χ3v) is 1.45. The van der Waals surface area contributed by atoms with Gasteiger partial charge >= 0.3 is 6.09 Å². The van der Waals surface area contributed by atoms with Gasteiger partial charge in [-0.25, -0.2) is 4.79 Å². The summed E-state index contributed by atoms with van der Waals surface area (Å²) in [6.45, 7) is 10.2. The lowest BCUT2D eigenvalue weighted by atomic mass is 10.3. The summed E-state index contributed by atoms with van der Waals surface area (Å²) in [6.07, 6.45) is 1.42. The molecule has 0 atom stereocenters. The van der Waals surface area contributed by atoms with Gasteiger partial charge in [-0.3, -0.25) is 0 Å². The van der Waals surface area contributed by atoms with E-state index in [0.29, 0.717) is 13.2 Å². The Kier molecular flexibility index (Phi) is 5.17. The highest BCUT2D eigenvalue weighted by Crippen LogP contribution is 2.01. The molecular weight excluding hydrogens is 154 g/mol. The number of amides is 1. The number of rotatable bonds is 4. The predicted octanol–water partition coefficient (Wildman–Crippen LogP) is 2.04. The first-order chi connectivity index (χ1) is 5.63. The first-order valence-electron chi connectivity index (χ1n) is 4.17. The van der Waals surface area contributed by atoms with Gasteiger partial charge in [-0.05, 0) is 20.8 Å². The minimum atomic E-state index is -0.271. The van der Waals surface area contributed by atoms with Crippen LogP contribution >= 0.6 is 0 Å². The van der Waals surface area contributed by atoms with Crippen LogP contribution in [0, 0.1) is 0 Å².